The van der Waals surface area contributed by atoms with E-state index < -0.39 is 10.0 Å². The lowest BCUT2D eigenvalue weighted by atomic mass is 10.1. The second-order valence-corrected chi connectivity index (χ2v) is 9.82. The van der Waals surface area contributed by atoms with Gasteiger partial charge in [0.05, 0.1) is 10.6 Å². The zero-order valence-corrected chi connectivity index (χ0v) is 18.7. The van der Waals surface area contributed by atoms with Gasteiger partial charge in [-0.1, -0.05) is 64.0 Å². The molecule has 4 aromatic rings. The second-order valence-electron chi connectivity index (χ2n) is 6.46. The van der Waals surface area contributed by atoms with Crippen LogP contribution >= 0.6 is 27.3 Å². The molecule has 3 aromatic carbocycles. The van der Waals surface area contributed by atoms with Gasteiger partial charge >= 0.3 is 0 Å². The Morgan fingerprint density at radius 2 is 1.55 bits per heavy atom. The average Bonchev–Trinajstić information content (AvgIpc) is 3.12. The molecule has 0 aliphatic heterocycles. The summed E-state index contributed by atoms with van der Waals surface area (Å²) in [6, 6.07) is 24.3. The smallest absolute Gasteiger partial charge is 0.284 e. The molecule has 0 amide bonds. The fraction of sp³-hybridized carbons (Fsp3) is 0.0455. The van der Waals surface area contributed by atoms with E-state index in [1.54, 1.807) is 24.3 Å². The van der Waals surface area contributed by atoms with Gasteiger partial charge in [0.2, 0.25) is 4.80 Å². The molecule has 0 radical (unpaired) electrons. The van der Waals surface area contributed by atoms with Crippen LogP contribution in [0.2, 0.25) is 0 Å². The first-order valence-corrected chi connectivity index (χ1v) is 11.9. The van der Waals surface area contributed by atoms with Crippen molar-refractivity contribution in [2.24, 2.45) is 4.40 Å². The molecule has 0 aliphatic rings. The summed E-state index contributed by atoms with van der Waals surface area (Å²) in [5, 5.41) is 1.93. The van der Waals surface area contributed by atoms with E-state index in [4.69, 9.17) is 0 Å². The van der Waals surface area contributed by atoms with Gasteiger partial charge < -0.3 is 0 Å². The molecule has 0 saturated carbocycles. The summed E-state index contributed by atoms with van der Waals surface area (Å²) < 4.78 is 32.8. The maximum absolute atomic E-state index is 12.9. The van der Waals surface area contributed by atoms with Crippen LogP contribution in [0.4, 0.5) is 0 Å². The molecule has 1 aromatic heterocycles. The van der Waals surface area contributed by atoms with E-state index in [1.807, 2.05) is 71.5 Å². The molecule has 0 bridgehead atoms. The third-order valence-electron chi connectivity index (χ3n) is 4.38. The predicted octanol–water partition coefficient (Wildman–Crippen LogP) is 5.57. The number of aromatic nitrogens is 1. The standard InChI is InChI=1S/C22H17BrN2O2S2/c1-16-7-13-20(14-8-16)29(26,27)24-22-25(19-5-3-2-4-6-19)21(15-28-22)17-9-11-18(23)12-10-17/h2-15H,1H3/b24-22-. The molecular formula is C22H17BrN2O2S2. The highest BCUT2D eigenvalue weighted by molar-refractivity contribution is 9.10. The van der Waals surface area contributed by atoms with Crippen LogP contribution in [0.3, 0.4) is 0 Å². The zero-order valence-electron chi connectivity index (χ0n) is 15.5. The fourth-order valence-corrected chi connectivity index (χ4v) is 5.26. The first-order chi connectivity index (χ1) is 13.9. The van der Waals surface area contributed by atoms with Crippen molar-refractivity contribution in [3.05, 3.63) is 99.1 Å². The summed E-state index contributed by atoms with van der Waals surface area (Å²) in [7, 11) is -3.83. The molecule has 0 spiro atoms. The van der Waals surface area contributed by atoms with E-state index in [0.717, 1.165) is 27.0 Å². The molecule has 0 atom stereocenters. The van der Waals surface area contributed by atoms with Gasteiger partial charge in [0.25, 0.3) is 10.0 Å². The number of para-hydroxylation sites is 1. The van der Waals surface area contributed by atoms with Crippen LogP contribution in [0.5, 0.6) is 0 Å². The predicted molar refractivity (Wildman–Crippen MR) is 121 cm³/mol. The Morgan fingerprint density at radius 3 is 2.21 bits per heavy atom. The van der Waals surface area contributed by atoms with Gasteiger partial charge in [-0.15, -0.1) is 15.7 Å². The van der Waals surface area contributed by atoms with Crippen molar-refractivity contribution in [2.45, 2.75) is 11.8 Å². The lowest BCUT2D eigenvalue weighted by Crippen LogP contribution is -2.16. The first kappa shape index (κ1) is 19.8. The normalized spacial score (nSPS) is 12.3. The van der Waals surface area contributed by atoms with E-state index in [-0.39, 0.29) is 4.90 Å². The quantitative estimate of drug-likeness (QED) is 0.380. The number of halogens is 1. The highest BCUT2D eigenvalue weighted by Gasteiger charge is 2.16. The Kier molecular flexibility index (Phi) is 5.54. The SMILES string of the molecule is Cc1ccc(S(=O)(=O)/N=c2\scc(-c3ccc(Br)cc3)n2-c2ccccc2)cc1. The van der Waals surface area contributed by atoms with Gasteiger partial charge in [0.15, 0.2) is 0 Å². The molecule has 0 aliphatic carbocycles. The molecule has 29 heavy (non-hydrogen) atoms. The molecule has 146 valence electrons. The third-order valence-corrected chi connectivity index (χ3v) is 7.13. The third kappa shape index (κ3) is 4.27. The van der Waals surface area contributed by atoms with Crippen LogP contribution in [0.15, 0.2) is 98.0 Å². The highest BCUT2D eigenvalue weighted by atomic mass is 79.9. The van der Waals surface area contributed by atoms with Gasteiger partial charge in [-0.2, -0.15) is 8.42 Å². The summed E-state index contributed by atoms with van der Waals surface area (Å²) in [6.45, 7) is 1.92. The lowest BCUT2D eigenvalue weighted by Gasteiger charge is -2.09. The minimum absolute atomic E-state index is 0.182. The molecule has 7 heteroatoms. The molecule has 0 fully saturated rings. The number of nitrogens with zero attached hydrogens (tertiary/aromatic N) is 2. The van der Waals surface area contributed by atoms with Crippen molar-refractivity contribution in [3.8, 4) is 16.9 Å². The largest absolute Gasteiger partial charge is 0.285 e. The van der Waals surface area contributed by atoms with Crippen molar-refractivity contribution >= 4 is 37.3 Å². The van der Waals surface area contributed by atoms with E-state index in [1.165, 1.54) is 11.3 Å². The maximum atomic E-state index is 12.9. The topological polar surface area (TPSA) is 51.4 Å². The van der Waals surface area contributed by atoms with Crippen LogP contribution in [-0.2, 0) is 10.0 Å². The molecule has 4 nitrogen and oxygen atoms in total. The lowest BCUT2D eigenvalue weighted by molar-refractivity contribution is 0.596. The molecule has 0 unspecified atom stereocenters. The van der Waals surface area contributed by atoms with Crippen LogP contribution in [0, 0.1) is 6.92 Å². The van der Waals surface area contributed by atoms with E-state index in [2.05, 4.69) is 20.3 Å². The second kappa shape index (κ2) is 8.10. The van der Waals surface area contributed by atoms with E-state index in [0.29, 0.717) is 4.80 Å². The highest BCUT2D eigenvalue weighted by Crippen LogP contribution is 2.25. The molecule has 0 N–H and O–H groups in total. The van der Waals surface area contributed by atoms with Gasteiger partial charge in [0, 0.05) is 15.5 Å². The Labute approximate surface area is 182 Å². The van der Waals surface area contributed by atoms with Crippen LogP contribution in [0.1, 0.15) is 5.56 Å². The van der Waals surface area contributed by atoms with E-state index >= 15 is 0 Å². The summed E-state index contributed by atoms with van der Waals surface area (Å²) >= 11 is 4.76. The number of aryl methyl sites for hydroxylation is 1. The average molecular weight is 485 g/mol. The van der Waals surface area contributed by atoms with Crippen LogP contribution in [0.25, 0.3) is 16.9 Å². The van der Waals surface area contributed by atoms with Crippen molar-refractivity contribution in [3.63, 3.8) is 0 Å². The number of hydrogen-bond donors (Lipinski definition) is 0. The summed E-state index contributed by atoms with van der Waals surface area (Å²) in [4.78, 5) is 0.580. The van der Waals surface area contributed by atoms with Gasteiger partial charge in [0.1, 0.15) is 0 Å². The summed E-state index contributed by atoms with van der Waals surface area (Å²) in [6.07, 6.45) is 0. The fourth-order valence-electron chi connectivity index (χ4n) is 2.89. The number of benzene rings is 3. The zero-order chi connectivity index (χ0) is 20.4. The molecule has 1 heterocycles. The number of sulfonamides is 1. The van der Waals surface area contributed by atoms with Crippen LogP contribution < -0.4 is 4.80 Å². The minimum atomic E-state index is -3.83. The van der Waals surface area contributed by atoms with E-state index in [9.17, 15) is 8.42 Å². The maximum Gasteiger partial charge on any atom is 0.285 e. The Morgan fingerprint density at radius 1 is 0.897 bits per heavy atom. The molecular weight excluding hydrogens is 468 g/mol. The molecule has 0 saturated heterocycles. The van der Waals surface area contributed by atoms with Gasteiger partial charge in [-0.05, 0) is 48.9 Å². The Hall–Kier alpha value is -2.48. The van der Waals surface area contributed by atoms with Gasteiger partial charge in [-0.3, -0.25) is 4.57 Å². The monoisotopic (exact) mass is 484 g/mol. The van der Waals surface area contributed by atoms with Gasteiger partial charge in [-0.25, -0.2) is 0 Å². The minimum Gasteiger partial charge on any atom is -0.284 e. The summed E-state index contributed by atoms with van der Waals surface area (Å²) in [5.41, 5.74) is 3.70. The number of rotatable bonds is 4. The van der Waals surface area contributed by atoms with Crippen molar-refractivity contribution in [2.75, 3.05) is 0 Å². The molecule has 4 rings (SSSR count). The Balaban J connectivity index is 1.93. The van der Waals surface area contributed by atoms with Crippen molar-refractivity contribution < 1.29 is 8.42 Å². The first-order valence-electron chi connectivity index (χ1n) is 8.84. The number of hydrogen-bond acceptors (Lipinski definition) is 3. The number of thiazole rings is 1. The summed E-state index contributed by atoms with van der Waals surface area (Å²) in [5.74, 6) is 0. The van der Waals surface area contributed by atoms with Crippen LogP contribution in [-0.4, -0.2) is 13.0 Å². The Bertz CT molecular complexity index is 1310. The van der Waals surface area contributed by atoms with Crippen molar-refractivity contribution in [1.29, 1.82) is 0 Å². The van der Waals surface area contributed by atoms with Crippen molar-refractivity contribution in [1.82, 2.24) is 4.57 Å².